The van der Waals surface area contributed by atoms with Crippen LogP contribution in [-0.2, 0) is 10.0 Å². The summed E-state index contributed by atoms with van der Waals surface area (Å²) in [4.78, 5) is 13.9. The molecule has 0 spiro atoms. The number of aliphatic hydroxyl groups is 1. The smallest absolute Gasteiger partial charge is 0.261 e. The number of anilines is 2. The summed E-state index contributed by atoms with van der Waals surface area (Å²) in [6, 6.07) is 18.3. The second kappa shape index (κ2) is 9.36. The summed E-state index contributed by atoms with van der Waals surface area (Å²) in [5.41, 5.74) is 2.96. The van der Waals surface area contributed by atoms with E-state index in [1.807, 2.05) is 18.2 Å². The summed E-state index contributed by atoms with van der Waals surface area (Å²) in [6.07, 6.45) is -0.541. The summed E-state index contributed by atoms with van der Waals surface area (Å²) < 4.78 is 33.6. The lowest BCUT2D eigenvalue weighted by atomic mass is 9.90. The van der Waals surface area contributed by atoms with E-state index < -0.39 is 16.1 Å². The Balaban J connectivity index is 1.58. The van der Waals surface area contributed by atoms with Crippen molar-refractivity contribution >= 4 is 27.3 Å². The van der Waals surface area contributed by atoms with Crippen molar-refractivity contribution in [1.29, 1.82) is 0 Å². The van der Waals surface area contributed by atoms with Crippen LogP contribution in [0.4, 0.5) is 11.4 Å². The molecule has 178 valence electrons. The molecule has 0 radical (unpaired) electrons. The lowest BCUT2D eigenvalue weighted by Gasteiger charge is -2.31. The molecule has 8 nitrogen and oxygen atoms in total. The third kappa shape index (κ3) is 4.85. The number of hydrogen-bond donors (Lipinski definition) is 3. The van der Waals surface area contributed by atoms with Crippen LogP contribution in [0.5, 0.6) is 5.75 Å². The fourth-order valence-electron chi connectivity index (χ4n) is 3.98. The Hall–Kier alpha value is -3.56. The average molecular weight is 482 g/mol. The van der Waals surface area contributed by atoms with E-state index in [0.29, 0.717) is 34.7 Å². The molecule has 0 saturated carbocycles. The van der Waals surface area contributed by atoms with Gasteiger partial charge in [0.1, 0.15) is 5.75 Å². The highest BCUT2D eigenvalue weighted by molar-refractivity contribution is 7.92. The number of nitrogens with one attached hydrogen (secondary N) is 2. The number of carbonyl (C=O) groups is 1. The number of rotatable bonds is 6. The Morgan fingerprint density at radius 1 is 1.09 bits per heavy atom. The van der Waals surface area contributed by atoms with E-state index >= 15 is 0 Å². The molecule has 3 aromatic carbocycles. The maximum absolute atomic E-state index is 12.9. The molecule has 1 aliphatic heterocycles. The van der Waals surface area contributed by atoms with E-state index in [1.165, 1.54) is 24.1 Å². The molecule has 0 aromatic heterocycles. The standard InChI is InChI=1S/C25H27N3O5S/c1-28(2)25(30)17-7-4-6-16(12-17)23-15-24(29)21-14-20(10-11-22(21)26-23)34(31,32)27-18-8-5-9-19(13-18)33-3/h4-14,23-24,26-27,29H,15H2,1-3H3. The average Bonchev–Trinajstić information content (AvgIpc) is 2.83. The Labute approximate surface area is 199 Å². The van der Waals surface area contributed by atoms with E-state index in [4.69, 9.17) is 4.74 Å². The molecular weight excluding hydrogens is 454 g/mol. The predicted molar refractivity (Wildman–Crippen MR) is 131 cm³/mol. The molecule has 3 aromatic rings. The highest BCUT2D eigenvalue weighted by atomic mass is 32.2. The van der Waals surface area contributed by atoms with Crippen molar-refractivity contribution in [2.75, 3.05) is 31.2 Å². The van der Waals surface area contributed by atoms with Crippen molar-refractivity contribution in [2.45, 2.75) is 23.5 Å². The molecule has 2 atom stereocenters. The number of carbonyl (C=O) groups excluding carboxylic acids is 1. The van der Waals surface area contributed by atoms with Crippen LogP contribution >= 0.6 is 0 Å². The number of aliphatic hydroxyl groups excluding tert-OH is 1. The van der Waals surface area contributed by atoms with Gasteiger partial charge in [-0.15, -0.1) is 0 Å². The molecular formula is C25H27N3O5S. The van der Waals surface area contributed by atoms with Crippen LogP contribution in [0.25, 0.3) is 0 Å². The van der Waals surface area contributed by atoms with E-state index in [0.717, 1.165) is 5.56 Å². The van der Waals surface area contributed by atoms with Gasteiger partial charge in [-0.1, -0.05) is 18.2 Å². The van der Waals surface area contributed by atoms with Gasteiger partial charge >= 0.3 is 0 Å². The van der Waals surface area contributed by atoms with Gasteiger partial charge in [0.05, 0.1) is 29.8 Å². The van der Waals surface area contributed by atoms with E-state index in [2.05, 4.69) is 10.0 Å². The van der Waals surface area contributed by atoms with Gasteiger partial charge in [-0.05, 0) is 48.0 Å². The Kier molecular flexibility index (Phi) is 6.49. The monoisotopic (exact) mass is 481 g/mol. The van der Waals surface area contributed by atoms with Gasteiger partial charge < -0.3 is 20.1 Å². The highest BCUT2D eigenvalue weighted by Crippen LogP contribution is 2.40. The molecule has 0 bridgehead atoms. The number of nitrogens with zero attached hydrogens (tertiary/aromatic N) is 1. The van der Waals surface area contributed by atoms with Crippen LogP contribution in [0, 0.1) is 0 Å². The second-order valence-electron chi connectivity index (χ2n) is 8.36. The van der Waals surface area contributed by atoms with Gasteiger partial charge in [-0.3, -0.25) is 9.52 Å². The zero-order chi connectivity index (χ0) is 24.5. The van der Waals surface area contributed by atoms with E-state index in [-0.39, 0.29) is 16.8 Å². The van der Waals surface area contributed by atoms with Crippen LogP contribution in [0.3, 0.4) is 0 Å². The summed E-state index contributed by atoms with van der Waals surface area (Å²) in [5, 5.41) is 14.2. The van der Waals surface area contributed by atoms with E-state index in [1.54, 1.807) is 50.5 Å². The fourth-order valence-corrected chi connectivity index (χ4v) is 5.06. The number of ether oxygens (including phenoxy) is 1. The van der Waals surface area contributed by atoms with Crippen LogP contribution in [0.1, 0.15) is 40.1 Å². The van der Waals surface area contributed by atoms with Crippen LogP contribution in [0.15, 0.2) is 71.6 Å². The van der Waals surface area contributed by atoms with Crippen molar-refractivity contribution < 1.29 is 23.1 Å². The van der Waals surface area contributed by atoms with Gasteiger partial charge in [0, 0.05) is 43.4 Å². The van der Waals surface area contributed by atoms with Crippen molar-refractivity contribution in [1.82, 2.24) is 4.90 Å². The Morgan fingerprint density at radius 3 is 2.59 bits per heavy atom. The number of hydrogen-bond acceptors (Lipinski definition) is 6. The number of methoxy groups -OCH3 is 1. The summed E-state index contributed by atoms with van der Waals surface area (Å²) in [7, 11) is 1.03. The van der Waals surface area contributed by atoms with Crippen LogP contribution < -0.4 is 14.8 Å². The summed E-state index contributed by atoms with van der Waals surface area (Å²) in [6.45, 7) is 0. The van der Waals surface area contributed by atoms with Gasteiger partial charge in [-0.25, -0.2) is 8.42 Å². The van der Waals surface area contributed by atoms with Crippen LogP contribution in [-0.4, -0.2) is 45.5 Å². The molecule has 9 heteroatoms. The maximum atomic E-state index is 12.9. The zero-order valence-corrected chi connectivity index (χ0v) is 20.0. The molecule has 0 saturated heterocycles. The summed E-state index contributed by atoms with van der Waals surface area (Å²) >= 11 is 0. The normalized spacial score (nSPS) is 17.3. The molecule has 2 unspecified atom stereocenters. The van der Waals surface area contributed by atoms with E-state index in [9.17, 15) is 18.3 Å². The third-order valence-corrected chi connectivity index (χ3v) is 7.12. The van der Waals surface area contributed by atoms with Crippen LogP contribution in [0.2, 0.25) is 0 Å². The SMILES string of the molecule is COc1cccc(NS(=O)(=O)c2ccc3c(c2)C(O)CC(c2cccc(C(=O)N(C)C)c2)N3)c1. The molecule has 34 heavy (non-hydrogen) atoms. The van der Waals surface area contributed by atoms with Gasteiger partial charge in [0.25, 0.3) is 15.9 Å². The lowest BCUT2D eigenvalue weighted by Crippen LogP contribution is -2.24. The van der Waals surface area contributed by atoms with Gasteiger partial charge in [0.2, 0.25) is 0 Å². The molecule has 3 N–H and O–H groups in total. The highest BCUT2D eigenvalue weighted by Gasteiger charge is 2.28. The molecule has 0 aliphatic carbocycles. The molecule has 1 heterocycles. The maximum Gasteiger partial charge on any atom is 0.261 e. The lowest BCUT2D eigenvalue weighted by molar-refractivity contribution is 0.0827. The minimum absolute atomic E-state index is 0.0481. The number of sulfonamides is 1. The fraction of sp³-hybridized carbons (Fsp3) is 0.240. The first-order valence-corrected chi connectivity index (χ1v) is 12.2. The van der Waals surface area contributed by atoms with Gasteiger partial charge in [0.15, 0.2) is 0 Å². The molecule has 1 aliphatic rings. The second-order valence-corrected chi connectivity index (χ2v) is 10.0. The summed E-state index contributed by atoms with van der Waals surface area (Å²) in [5.74, 6) is 0.435. The first-order chi connectivity index (χ1) is 16.2. The Morgan fingerprint density at radius 2 is 1.85 bits per heavy atom. The van der Waals surface area contributed by atoms with Crippen molar-refractivity contribution in [3.8, 4) is 5.75 Å². The molecule has 0 fully saturated rings. The van der Waals surface area contributed by atoms with Crippen molar-refractivity contribution in [2.24, 2.45) is 0 Å². The van der Waals surface area contributed by atoms with Gasteiger partial charge in [-0.2, -0.15) is 0 Å². The topological polar surface area (TPSA) is 108 Å². The predicted octanol–water partition coefficient (Wildman–Crippen LogP) is 3.79. The molecule has 4 rings (SSSR count). The number of benzene rings is 3. The first kappa shape index (κ1) is 23.6. The first-order valence-electron chi connectivity index (χ1n) is 10.7. The van der Waals surface area contributed by atoms with Crippen molar-refractivity contribution in [3.63, 3.8) is 0 Å². The largest absolute Gasteiger partial charge is 0.497 e. The minimum Gasteiger partial charge on any atom is -0.497 e. The quantitative estimate of drug-likeness (QED) is 0.495. The minimum atomic E-state index is -3.87. The number of amides is 1. The zero-order valence-electron chi connectivity index (χ0n) is 19.1. The third-order valence-electron chi connectivity index (χ3n) is 5.75. The number of fused-ring (bicyclic) bond motifs is 1. The molecule has 1 amide bonds. The van der Waals surface area contributed by atoms with Crippen molar-refractivity contribution in [3.05, 3.63) is 83.4 Å². The Bertz CT molecular complexity index is 1320.